The van der Waals surface area contributed by atoms with E-state index in [0.29, 0.717) is 0 Å². The molecule has 90 valence electrons. The van der Waals surface area contributed by atoms with Crippen molar-refractivity contribution in [2.24, 2.45) is 11.7 Å². The zero-order valence-electron chi connectivity index (χ0n) is 8.84. The van der Waals surface area contributed by atoms with E-state index < -0.39 is 16.1 Å². The predicted molar refractivity (Wildman–Crippen MR) is 54.8 cm³/mol. The zero-order chi connectivity index (χ0) is 12.1. The molecule has 0 saturated heterocycles. The fraction of sp³-hybridized carbons (Fsp3) is 0.875. The number of hydrogen-bond acceptors (Lipinski definition) is 5. The molecule has 1 saturated carbocycles. The molecular formula is C8H17NO5S. The minimum Gasteiger partial charge on any atom is -0.481 e. The molecule has 0 aromatic carbocycles. The van der Waals surface area contributed by atoms with Crippen LogP contribution in [0.5, 0.6) is 0 Å². The fourth-order valence-corrected chi connectivity index (χ4v) is 1.30. The summed E-state index contributed by atoms with van der Waals surface area (Å²) in [7, 11) is -2.04. The SMILES string of the molecule is COS(C)(=O)=O.N[C@H]1CCC[C@H]1C(=O)O. The molecule has 0 radical (unpaired) electrons. The van der Waals surface area contributed by atoms with E-state index in [2.05, 4.69) is 4.18 Å². The number of carbonyl (C=O) groups is 1. The maximum atomic E-state index is 10.3. The van der Waals surface area contributed by atoms with Crippen molar-refractivity contribution in [1.82, 2.24) is 0 Å². The van der Waals surface area contributed by atoms with Crippen LogP contribution in [0, 0.1) is 5.92 Å². The number of carboxylic acids is 1. The smallest absolute Gasteiger partial charge is 0.308 e. The minimum absolute atomic E-state index is 0.0949. The van der Waals surface area contributed by atoms with Gasteiger partial charge in [-0.2, -0.15) is 8.42 Å². The Bertz CT molecular complexity index is 300. The van der Waals surface area contributed by atoms with E-state index in [4.69, 9.17) is 10.8 Å². The molecule has 7 heteroatoms. The lowest BCUT2D eigenvalue weighted by Crippen LogP contribution is -2.30. The first kappa shape index (κ1) is 14.3. The first-order valence-corrected chi connectivity index (χ1v) is 6.33. The van der Waals surface area contributed by atoms with E-state index in [1.165, 1.54) is 0 Å². The molecule has 0 unspecified atom stereocenters. The van der Waals surface area contributed by atoms with Gasteiger partial charge in [0, 0.05) is 6.04 Å². The van der Waals surface area contributed by atoms with Gasteiger partial charge in [-0.1, -0.05) is 6.42 Å². The monoisotopic (exact) mass is 239 g/mol. The van der Waals surface area contributed by atoms with E-state index >= 15 is 0 Å². The summed E-state index contributed by atoms with van der Waals surface area (Å²) in [5, 5.41) is 8.50. The number of nitrogens with two attached hydrogens (primary N) is 1. The Morgan fingerprint density at radius 1 is 1.47 bits per heavy atom. The summed E-state index contributed by atoms with van der Waals surface area (Å²) in [6, 6.07) is -0.0949. The standard InChI is InChI=1S/C6H11NO2.C2H6O3S/c7-5-3-1-2-4(5)6(8)9;1-5-6(2,3)4/h4-5H,1-3,7H2,(H,8,9);1-2H3/t4-,5+;/m1./s1. The third kappa shape index (κ3) is 6.43. The van der Waals surface area contributed by atoms with E-state index in [9.17, 15) is 13.2 Å². The summed E-state index contributed by atoms with van der Waals surface area (Å²) >= 11 is 0. The molecule has 1 aliphatic rings. The molecular weight excluding hydrogens is 222 g/mol. The van der Waals surface area contributed by atoms with Crippen LogP contribution in [0.4, 0.5) is 0 Å². The van der Waals surface area contributed by atoms with E-state index in [1.807, 2.05) is 0 Å². The van der Waals surface area contributed by atoms with Gasteiger partial charge in [0.25, 0.3) is 10.1 Å². The van der Waals surface area contributed by atoms with Crippen LogP contribution in [0.2, 0.25) is 0 Å². The van der Waals surface area contributed by atoms with Gasteiger partial charge in [-0.3, -0.25) is 8.98 Å². The van der Waals surface area contributed by atoms with Gasteiger partial charge in [0.1, 0.15) is 0 Å². The molecule has 3 N–H and O–H groups in total. The molecule has 0 aromatic rings. The van der Waals surface area contributed by atoms with E-state index in [1.54, 1.807) is 0 Å². The average Bonchev–Trinajstić information content (AvgIpc) is 2.51. The van der Waals surface area contributed by atoms with Crippen LogP contribution in [0.25, 0.3) is 0 Å². The largest absolute Gasteiger partial charge is 0.481 e. The summed E-state index contributed by atoms with van der Waals surface area (Å²) < 4.78 is 23.5. The first-order valence-electron chi connectivity index (χ1n) is 4.52. The Morgan fingerprint density at radius 2 is 1.93 bits per heavy atom. The van der Waals surface area contributed by atoms with Crippen LogP contribution in [0.3, 0.4) is 0 Å². The Hall–Kier alpha value is -0.660. The molecule has 0 bridgehead atoms. The van der Waals surface area contributed by atoms with Gasteiger partial charge < -0.3 is 10.8 Å². The Kier molecular flexibility index (Phi) is 5.77. The lowest BCUT2D eigenvalue weighted by Gasteiger charge is -2.07. The Morgan fingerprint density at radius 3 is 2.07 bits per heavy atom. The van der Waals surface area contributed by atoms with Crippen LogP contribution in [0.1, 0.15) is 19.3 Å². The number of aliphatic carboxylic acids is 1. The molecule has 6 nitrogen and oxygen atoms in total. The van der Waals surface area contributed by atoms with Crippen LogP contribution in [-0.2, 0) is 19.1 Å². The van der Waals surface area contributed by atoms with Crippen molar-refractivity contribution in [2.45, 2.75) is 25.3 Å². The first-order chi connectivity index (χ1) is 6.78. The molecule has 1 fully saturated rings. The number of rotatable bonds is 2. The van der Waals surface area contributed by atoms with Gasteiger partial charge in [-0.15, -0.1) is 0 Å². The second-order valence-corrected chi connectivity index (χ2v) is 5.15. The van der Waals surface area contributed by atoms with Crippen LogP contribution in [-0.4, -0.2) is 38.9 Å². The summed E-state index contributed by atoms with van der Waals surface area (Å²) in [5.41, 5.74) is 5.50. The number of hydrogen-bond donors (Lipinski definition) is 2. The Balaban J connectivity index is 0.000000288. The van der Waals surface area contributed by atoms with Crippen molar-refractivity contribution in [1.29, 1.82) is 0 Å². The molecule has 0 aliphatic heterocycles. The third-order valence-corrected chi connectivity index (χ3v) is 2.79. The molecule has 0 spiro atoms. The van der Waals surface area contributed by atoms with Crippen molar-refractivity contribution in [3.8, 4) is 0 Å². The maximum absolute atomic E-state index is 10.3. The van der Waals surface area contributed by atoms with Crippen molar-refractivity contribution in [2.75, 3.05) is 13.4 Å². The molecule has 0 heterocycles. The molecule has 2 atom stereocenters. The topological polar surface area (TPSA) is 107 Å². The molecule has 15 heavy (non-hydrogen) atoms. The second-order valence-electron chi connectivity index (χ2n) is 3.41. The summed E-state index contributed by atoms with van der Waals surface area (Å²) in [6.45, 7) is 0. The summed E-state index contributed by atoms with van der Waals surface area (Å²) in [5.74, 6) is -1.01. The lowest BCUT2D eigenvalue weighted by atomic mass is 10.1. The molecule has 1 aliphatic carbocycles. The average molecular weight is 239 g/mol. The highest BCUT2D eigenvalue weighted by atomic mass is 32.2. The normalized spacial score (nSPS) is 25.5. The summed E-state index contributed by atoms with van der Waals surface area (Å²) in [6.07, 6.45) is 3.60. The quantitative estimate of drug-likeness (QED) is 0.646. The fourth-order valence-electron chi connectivity index (χ4n) is 1.30. The predicted octanol–water partition coefficient (Wildman–Crippen LogP) is -0.209. The van der Waals surface area contributed by atoms with Crippen molar-refractivity contribution < 1.29 is 22.5 Å². The van der Waals surface area contributed by atoms with Crippen LogP contribution in [0.15, 0.2) is 0 Å². The Labute approximate surface area is 89.5 Å². The van der Waals surface area contributed by atoms with Gasteiger partial charge in [0.2, 0.25) is 0 Å². The zero-order valence-corrected chi connectivity index (χ0v) is 9.66. The molecule has 0 aromatic heterocycles. The molecule has 0 amide bonds. The van der Waals surface area contributed by atoms with Crippen LogP contribution >= 0.6 is 0 Å². The van der Waals surface area contributed by atoms with Gasteiger partial charge >= 0.3 is 5.97 Å². The van der Waals surface area contributed by atoms with Crippen molar-refractivity contribution >= 4 is 16.1 Å². The highest BCUT2D eigenvalue weighted by molar-refractivity contribution is 7.85. The van der Waals surface area contributed by atoms with E-state index in [-0.39, 0.29) is 12.0 Å². The van der Waals surface area contributed by atoms with Crippen molar-refractivity contribution in [3.63, 3.8) is 0 Å². The highest BCUT2D eigenvalue weighted by Crippen LogP contribution is 2.23. The van der Waals surface area contributed by atoms with Gasteiger partial charge in [-0.25, -0.2) is 0 Å². The van der Waals surface area contributed by atoms with Gasteiger partial charge in [0.05, 0.1) is 19.3 Å². The van der Waals surface area contributed by atoms with Crippen molar-refractivity contribution in [3.05, 3.63) is 0 Å². The third-order valence-electron chi connectivity index (χ3n) is 2.19. The highest BCUT2D eigenvalue weighted by Gasteiger charge is 2.29. The minimum atomic E-state index is -3.16. The summed E-state index contributed by atoms with van der Waals surface area (Å²) in [4.78, 5) is 10.3. The lowest BCUT2D eigenvalue weighted by molar-refractivity contribution is -0.141. The van der Waals surface area contributed by atoms with E-state index in [0.717, 1.165) is 32.6 Å². The second kappa shape index (κ2) is 6.04. The van der Waals surface area contributed by atoms with Crippen LogP contribution < -0.4 is 5.73 Å². The number of carboxylic acid groups (broad SMARTS) is 1. The van der Waals surface area contributed by atoms with Gasteiger partial charge in [-0.05, 0) is 12.8 Å². The molecule has 1 rings (SSSR count). The maximum Gasteiger partial charge on any atom is 0.308 e. The van der Waals surface area contributed by atoms with Gasteiger partial charge in [0.15, 0.2) is 0 Å².